The number of amides is 2. The van der Waals surface area contributed by atoms with Gasteiger partial charge in [0.2, 0.25) is 0 Å². The summed E-state index contributed by atoms with van der Waals surface area (Å²) in [5.74, 6) is -1.13. The molecule has 1 aromatic carbocycles. The van der Waals surface area contributed by atoms with Crippen LogP contribution < -0.4 is 10.6 Å². The monoisotopic (exact) mass is 280 g/mol. The van der Waals surface area contributed by atoms with Crippen LogP contribution in [0, 0.1) is 0 Å². The second-order valence-electron chi connectivity index (χ2n) is 4.34. The lowest BCUT2D eigenvalue weighted by molar-refractivity contribution is -0.140. The first-order valence-corrected chi connectivity index (χ1v) is 6.42. The molecule has 2 amide bonds. The van der Waals surface area contributed by atoms with Gasteiger partial charge >= 0.3 is 12.0 Å². The fraction of sp³-hybridized carbons (Fsp3) is 0.429. The van der Waals surface area contributed by atoms with Gasteiger partial charge in [0.1, 0.15) is 0 Å². The van der Waals surface area contributed by atoms with E-state index in [9.17, 15) is 9.59 Å². The molecule has 0 radical (unpaired) electrons. The smallest absolute Gasteiger partial charge is 0.328 e. The fourth-order valence-electron chi connectivity index (χ4n) is 1.81. The molecule has 1 aromatic rings. The van der Waals surface area contributed by atoms with Crippen molar-refractivity contribution in [2.45, 2.75) is 25.4 Å². The molecule has 0 spiro atoms. The molecule has 0 aliphatic rings. The fourth-order valence-corrected chi connectivity index (χ4v) is 1.81. The van der Waals surface area contributed by atoms with Crippen molar-refractivity contribution in [3.63, 3.8) is 0 Å². The summed E-state index contributed by atoms with van der Waals surface area (Å²) in [6, 6.07) is 7.77. The lowest BCUT2D eigenvalue weighted by atomic mass is 10.1. The number of urea groups is 1. The SMILES string of the molecule is CCC(NC(=O)NC(COC)C(=O)O)c1ccccc1. The molecule has 0 fully saturated rings. The van der Waals surface area contributed by atoms with Gasteiger partial charge in [-0.25, -0.2) is 9.59 Å². The Bertz CT molecular complexity index is 436. The number of aliphatic carboxylic acids is 1. The third-order valence-corrected chi connectivity index (χ3v) is 2.85. The van der Waals surface area contributed by atoms with Crippen molar-refractivity contribution >= 4 is 12.0 Å². The van der Waals surface area contributed by atoms with E-state index >= 15 is 0 Å². The number of ether oxygens (including phenoxy) is 1. The molecular weight excluding hydrogens is 260 g/mol. The Morgan fingerprint density at radius 1 is 1.25 bits per heavy atom. The number of carboxylic acids is 1. The Balaban J connectivity index is 2.61. The van der Waals surface area contributed by atoms with Crippen molar-refractivity contribution in [2.75, 3.05) is 13.7 Å². The highest BCUT2D eigenvalue weighted by molar-refractivity contribution is 5.82. The highest BCUT2D eigenvalue weighted by Crippen LogP contribution is 2.15. The zero-order valence-corrected chi connectivity index (χ0v) is 11.6. The Kier molecular flexibility index (Phi) is 6.52. The van der Waals surface area contributed by atoms with Gasteiger partial charge in [0.05, 0.1) is 12.6 Å². The Morgan fingerprint density at radius 2 is 1.90 bits per heavy atom. The molecule has 20 heavy (non-hydrogen) atoms. The number of hydrogen-bond donors (Lipinski definition) is 3. The molecule has 0 aliphatic carbocycles. The summed E-state index contributed by atoms with van der Waals surface area (Å²) in [6.45, 7) is 1.87. The van der Waals surface area contributed by atoms with E-state index < -0.39 is 18.0 Å². The Hall–Kier alpha value is -2.08. The van der Waals surface area contributed by atoms with E-state index in [1.54, 1.807) is 0 Å². The second-order valence-corrected chi connectivity index (χ2v) is 4.34. The lowest BCUT2D eigenvalue weighted by Gasteiger charge is -2.20. The van der Waals surface area contributed by atoms with E-state index in [4.69, 9.17) is 9.84 Å². The third-order valence-electron chi connectivity index (χ3n) is 2.85. The van der Waals surface area contributed by atoms with Crippen LogP contribution >= 0.6 is 0 Å². The normalized spacial score (nSPS) is 13.3. The minimum absolute atomic E-state index is 0.0785. The van der Waals surface area contributed by atoms with Crippen molar-refractivity contribution in [1.82, 2.24) is 10.6 Å². The first-order chi connectivity index (χ1) is 9.58. The van der Waals surface area contributed by atoms with E-state index in [1.165, 1.54) is 7.11 Å². The van der Waals surface area contributed by atoms with Crippen molar-refractivity contribution in [3.8, 4) is 0 Å². The molecule has 3 N–H and O–H groups in total. The van der Waals surface area contributed by atoms with Gasteiger partial charge in [0.15, 0.2) is 6.04 Å². The van der Waals surface area contributed by atoms with E-state index in [0.29, 0.717) is 6.42 Å². The average Bonchev–Trinajstić information content (AvgIpc) is 2.45. The number of rotatable bonds is 7. The predicted octanol–water partition coefficient (Wildman–Crippen LogP) is 1.54. The van der Waals surface area contributed by atoms with Crippen LogP contribution in [0.4, 0.5) is 4.79 Å². The van der Waals surface area contributed by atoms with Gasteiger partial charge in [-0.2, -0.15) is 0 Å². The molecule has 110 valence electrons. The van der Waals surface area contributed by atoms with Crippen molar-refractivity contribution in [1.29, 1.82) is 0 Å². The zero-order valence-electron chi connectivity index (χ0n) is 11.6. The molecule has 0 heterocycles. The molecule has 6 nitrogen and oxygen atoms in total. The van der Waals surface area contributed by atoms with Crippen molar-refractivity contribution < 1.29 is 19.4 Å². The second kappa shape index (κ2) is 8.16. The number of carboxylic acid groups (broad SMARTS) is 1. The maximum absolute atomic E-state index is 11.8. The van der Waals surface area contributed by atoms with Gasteiger partial charge < -0.3 is 20.5 Å². The molecule has 0 saturated heterocycles. The summed E-state index contributed by atoms with van der Waals surface area (Å²) in [5.41, 5.74) is 0.976. The standard InChI is InChI=1S/C14H20N2O4/c1-3-11(10-7-5-4-6-8-10)15-14(19)16-12(9-20-2)13(17)18/h4-8,11-12H,3,9H2,1-2H3,(H,17,18)(H2,15,16,19). The Labute approximate surface area is 118 Å². The van der Waals surface area contributed by atoms with Gasteiger partial charge in [-0.15, -0.1) is 0 Å². The summed E-state index contributed by atoms with van der Waals surface area (Å²) in [5, 5.41) is 14.1. The van der Waals surface area contributed by atoms with E-state index in [0.717, 1.165) is 5.56 Å². The minimum Gasteiger partial charge on any atom is -0.480 e. The largest absolute Gasteiger partial charge is 0.480 e. The molecule has 1 rings (SSSR count). The molecule has 0 saturated carbocycles. The van der Waals surface area contributed by atoms with Gasteiger partial charge in [0, 0.05) is 7.11 Å². The molecular formula is C14H20N2O4. The van der Waals surface area contributed by atoms with Crippen molar-refractivity contribution in [3.05, 3.63) is 35.9 Å². The maximum atomic E-state index is 11.8. The summed E-state index contributed by atoms with van der Waals surface area (Å²) in [6.07, 6.45) is 0.708. The van der Waals surface area contributed by atoms with E-state index in [2.05, 4.69) is 10.6 Å². The predicted molar refractivity (Wildman–Crippen MR) is 74.4 cm³/mol. The number of carbonyl (C=O) groups excluding carboxylic acids is 1. The highest BCUT2D eigenvalue weighted by atomic mass is 16.5. The number of nitrogens with one attached hydrogen (secondary N) is 2. The summed E-state index contributed by atoms with van der Waals surface area (Å²) in [7, 11) is 1.38. The summed E-state index contributed by atoms with van der Waals surface area (Å²) < 4.78 is 4.76. The van der Waals surface area contributed by atoms with Crippen LogP contribution in [0.15, 0.2) is 30.3 Å². The number of methoxy groups -OCH3 is 1. The highest BCUT2D eigenvalue weighted by Gasteiger charge is 2.21. The molecule has 2 unspecified atom stereocenters. The summed E-state index contributed by atoms with van der Waals surface area (Å²) >= 11 is 0. The lowest BCUT2D eigenvalue weighted by Crippen LogP contribution is -2.48. The van der Waals surface area contributed by atoms with Crippen LogP contribution in [0.5, 0.6) is 0 Å². The van der Waals surface area contributed by atoms with Crippen LogP contribution in [0.1, 0.15) is 24.9 Å². The van der Waals surface area contributed by atoms with Crippen molar-refractivity contribution in [2.24, 2.45) is 0 Å². The number of carbonyl (C=O) groups is 2. The first kappa shape index (κ1) is 16.0. The quantitative estimate of drug-likeness (QED) is 0.707. The first-order valence-electron chi connectivity index (χ1n) is 6.42. The van der Waals surface area contributed by atoms with Gasteiger partial charge in [0.25, 0.3) is 0 Å². The molecule has 0 bridgehead atoms. The average molecular weight is 280 g/mol. The van der Waals surface area contributed by atoms with Gasteiger partial charge in [-0.05, 0) is 12.0 Å². The maximum Gasteiger partial charge on any atom is 0.328 e. The molecule has 0 aliphatic heterocycles. The minimum atomic E-state index is -1.13. The molecule has 2 atom stereocenters. The van der Waals surface area contributed by atoms with Crippen LogP contribution in [0.2, 0.25) is 0 Å². The third kappa shape index (κ3) is 4.89. The van der Waals surface area contributed by atoms with Gasteiger partial charge in [-0.1, -0.05) is 37.3 Å². The van der Waals surface area contributed by atoms with E-state index in [1.807, 2.05) is 37.3 Å². The van der Waals surface area contributed by atoms with Crippen LogP contribution in [-0.2, 0) is 9.53 Å². The summed E-state index contributed by atoms with van der Waals surface area (Å²) in [4.78, 5) is 22.8. The molecule has 0 aromatic heterocycles. The Morgan fingerprint density at radius 3 is 2.40 bits per heavy atom. The topological polar surface area (TPSA) is 87.7 Å². The van der Waals surface area contributed by atoms with E-state index in [-0.39, 0.29) is 12.6 Å². The number of hydrogen-bond acceptors (Lipinski definition) is 3. The molecule has 6 heteroatoms. The van der Waals surface area contributed by atoms with Crippen LogP contribution in [0.3, 0.4) is 0 Å². The van der Waals surface area contributed by atoms with Gasteiger partial charge in [-0.3, -0.25) is 0 Å². The van der Waals surface area contributed by atoms with Crippen LogP contribution in [-0.4, -0.2) is 36.9 Å². The number of benzene rings is 1. The zero-order chi connectivity index (χ0) is 15.0. The van der Waals surface area contributed by atoms with Crippen LogP contribution in [0.25, 0.3) is 0 Å².